The van der Waals surface area contributed by atoms with Crippen LogP contribution in [0.2, 0.25) is 39.3 Å². The van der Waals surface area contributed by atoms with Crippen molar-refractivity contribution in [3.05, 3.63) is 120 Å². The first-order valence-corrected chi connectivity index (χ1v) is 18.5. The SMILES string of the molecule is C[Si](C)(C)OC(c1ccccc1)(c1ccco1)C(O[Si](C)(C)C)(c1ccccc1)c1ccco1. The van der Waals surface area contributed by atoms with Crippen molar-refractivity contribution in [1.29, 1.82) is 0 Å². The highest BCUT2D eigenvalue weighted by atomic mass is 28.4. The van der Waals surface area contributed by atoms with Crippen LogP contribution < -0.4 is 0 Å². The summed E-state index contributed by atoms with van der Waals surface area (Å²) < 4.78 is 27.1. The summed E-state index contributed by atoms with van der Waals surface area (Å²) in [7, 11) is -4.46. The van der Waals surface area contributed by atoms with Gasteiger partial charge in [-0.15, -0.1) is 0 Å². The highest BCUT2D eigenvalue weighted by Crippen LogP contribution is 2.56. The molecule has 34 heavy (non-hydrogen) atoms. The van der Waals surface area contributed by atoms with Crippen LogP contribution in [0.1, 0.15) is 22.6 Å². The Morgan fingerprint density at radius 2 is 0.853 bits per heavy atom. The Balaban J connectivity index is 2.24. The zero-order valence-corrected chi connectivity index (χ0v) is 22.9. The molecule has 0 fully saturated rings. The molecule has 4 nitrogen and oxygen atoms in total. The molecule has 0 radical (unpaired) electrons. The molecule has 0 bridgehead atoms. The van der Waals surface area contributed by atoms with E-state index < -0.39 is 27.8 Å². The smallest absolute Gasteiger partial charge is 0.185 e. The van der Waals surface area contributed by atoms with Crippen LogP contribution >= 0.6 is 0 Å². The first-order valence-electron chi connectivity index (χ1n) is 11.7. The third kappa shape index (κ3) is 4.51. The molecule has 4 rings (SSSR count). The van der Waals surface area contributed by atoms with E-state index in [0.717, 1.165) is 11.1 Å². The van der Waals surface area contributed by atoms with Crippen molar-refractivity contribution in [3.63, 3.8) is 0 Å². The van der Waals surface area contributed by atoms with Crippen LogP contribution in [0.15, 0.2) is 106 Å². The normalized spacial score (nSPS) is 16.1. The van der Waals surface area contributed by atoms with E-state index >= 15 is 0 Å². The fraction of sp³-hybridized carbons (Fsp3) is 0.286. The number of hydrogen-bond donors (Lipinski definition) is 0. The monoisotopic (exact) mass is 490 g/mol. The van der Waals surface area contributed by atoms with Gasteiger partial charge in [0, 0.05) is 0 Å². The number of hydrogen-bond acceptors (Lipinski definition) is 4. The molecule has 2 aromatic heterocycles. The Labute approximate surface area is 204 Å². The predicted octanol–water partition coefficient (Wildman–Crippen LogP) is 7.76. The quantitative estimate of drug-likeness (QED) is 0.225. The van der Waals surface area contributed by atoms with Gasteiger partial charge in [0.1, 0.15) is 11.5 Å². The second kappa shape index (κ2) is 9.19. The first kappa shape index (κ1) is 24.5. The maximum Gasteiger partial charge on any atom is 0.185 e. The molecule has 0 aliphatic heterocycles. The lowest BCUT2D eigenvalue weighted by Gasteiger charge is -2.52. The molecular formula is C28H34O4Si2. The van der Waals surface area contributed by atoms with Crippen LogP contribution in [0, 0.1) is 0 Å². The number of furan rings is 2. The Kier molecular flexibility index (Phi) is 6.61. The zero-order valence-electron chi connectivity index (χ0n) is 20.9. The summed E-state index contributed by atoms with van der Waals surface area (Å²) in [6, 6.07) is 28.3. The van der Waals surface area contributed by atoms with E-state index in [1.54, 1.807) is 12.5 Å². The van der Waals surface area contributed by atoms with Gasteiger partial charge in [-0.05, 0) is 74.7 Å². The molecule has 0 saturated heterocycles. The summed E-state index contributed by atoms with van der Waals surface area (Å²) >= 11 is 0. The molecule has 2 heterocycles. The minimum absolute atomic E-state index is 0.680. The van der Waals surface area contributed by atoms with E-state index in [9.17, 15) is 0 Å². The molecule has 0 aliphatic carbocycles. The molecule has 2 atom stereocenters. The molecule has 2 aromatic carbocycles. The minimum atomic E-state index is -2.23. The van der Waals surface area contributed by atoms with Crippen LogP contribution in [0.3, 0.4) is 0 Å². The minimum Gasteiger partial charge on any atom is -0.466 e. The van der Waals surface area contributed by atoms with Gasteiger partial charge in [-0.2, -0.15) is 0 Å². The van der Waals surface area contributed by atoms with Crippen molar-refractivity contribution in [2.24, 2.45) is 0 Å². The standard InChI is InChI=1S/C28H34O4Si2/c1-33(2,3)31-27(25-19-13-21-29-25,23-15-9-7-10-16-23)28(32-34(4,5)6,26-20-14-22-30-26)24-17-11-8-12-18-24/h7-22H,1-6H3. The fourth-order valence-corrected chi connectivity index (χ4v) is 7.18. The third-order valence-corrected chi connectivity index (χ3v) is 7.35. The summed E-state index contributed by atoms with van der Waals surface area (Å²) in [5.74, 6) is 1.36. The second-order valence-corrected chi connectivity index (χ2v) is 19.3. The summed E-state index contributed by atoms with van der Waals surface area (Å²) in [5, 5.41) is 0. The molecule has 2 unspecified atom stereocenters. The highest BCUT2D eigenvalue weighted by Gasteiger charge is 2.64. The maximum atomic E-state index is 7.33. The van der Waals surface area contributed by atoms with Crippen molar-refractivity contribution < 1.29 is 17.7 Å². The molecule has 0 saturated carbocycles. The number of rotatable bonds is 9. The van der Waals surface area contributed by atoms with Crippen molar-refractivity contribution in [3.8, 4) is 0 Å². The average molecular weight is 491 g/mol. The summed E-state index contributed by atoms with van der Waals surface area (Å²) in [6.45, 7) is 13.2. The van der Waals surface area contributed by atoms with E-state index in [2.05, 4.69) is 63.5 Å². The lowest BCUT2D eigenvalue weighted by atomic mass is 9.70. The fourth-order valence-electron chi connectivity index (χ4n) is 4.62. The van der Waals surface area contributed by atoms with E-state index in [0.29, 0.717) is 11.5 Å². The van der Waals surface area contributed by atoms with E-state index in [1.165, 1.54) is 0 Å². The molecule has 6 heteroatoms. The van der Waals surface area contributed by atoms with Crippen molar-refractivity contribution >= 4 is 16.6 Å². The summed E-state index contributed by atoms with van der Waals surface area (Å²) in [5.41, 5.74) is -0.375. The van der Waals surface area contributed by atoms with Gasteiger partial charge >= 0.3 is 0 Å². The average Bonchev–Trinajstić information content (AvgIpc) is 3.51. The van der Waals surface area contributed by atoms with Crippen molar-refractivity contribution in [2.45, 2.75) is 50.5 Å². The maximum absolute atomic E-state index is 7.33. The van der Waals surface area contributed by atoms with Gasteiger partial charge in [-0.3, -0.25) is 0 Å². The predicted molar refractivity (Wildman–Crippen MR) is 141 cm³/mol. The topological polar surface area (TPSA) is 44.7 Å². The van der Waals surface area contributed by atoms with Gasteiger partial charge in [0.15, 0.2) is 27.8 Å². The number of benzene rings is 2. The van der Waals surface area contributed by atoms with Crippen molar-refractivity contribution in [1.82, 2.24) is 0 Å². The molecular weight excluding hydrogens is 456 g/mol. The van der Waals surface area contributed by atoms with E-state index in [1.807, 2.05) is 60.7 Å². The van der Waals surface area contributed by atoms with Crippen LogP contribution in [-0.2, 0) is 20.1 Å². The third-order valence-electron chi connectivity index (χ3n) is 5.51. The largest absolute Gasteiger partial charge is 0.466 e. The van der Waals surface area contributed by atoms with Gasteiger partial charge in [0.25, 0.3) is 0 Å². The molecule has 0 spiro atoms. The van der Waals surface area contributed by atoms with Crippen LogP contribution in [0.4, 0.5) is 0 Å². The molecule has 0 aliphatic rings. The van der Waals surface area contributed by atoms with Gasteiger partial charge in [0.2, 0.25) is 0 Å². The first-order chi connectivity index (χ1) is 16.1. The van der Waals surface area contributed by atoms with Crippen molar-refractivity contribution in [2.75, 3.05) is 0 Å². The molecule has 0 amide bonds. The molecule has 4 aromatic rings. The van der Waals surface area contributed by atoms with E-state index in [-0.39, 0.29) is 0 Å². The van der Waals surface area contributed by atoms with Crippen LogP contribution in [-0.4, -0.2) is 16.6 Å². The van der Waals surface area contributed by atoms with Gasteiger partial charge in [-0.1, -0.05) is 60.7 Å². The summed E-state index contributed by atoms with van der Waals surface area (Å²) in [6.07, 6.45) is 3.40. The lowest BCUT2D eigenvalue weighted by molar-refractivity contribution is -0.110. The molecule has 0 N–H and O–H groups in total. The molecule has 178 valence electrons. The van der Waals surface area contributed by atoms with Gasteiger partial charge < -0.3 is 17.7 Å². The van der Waals surface area contributed by atoms with Gasteiger partial charge in [-0.25, -0.2) is 0 Å². The lowest BCUT2D eigenvalue weighted by Crippen LogP contribution is -2.60. The van der Waals surface area contributed by atoms with Crippen LogP contribution in [0.5, 0.6) is 0 Å². The van der Waals surface area contributed by atoms with Gasteiger partial charge in [0.05, 0.1) is 12.5 Å². The summed E-state index contributed by atoms with van der Waals surface area (Å²) in [4.78, 5) is 0. The Hall–Kier alpha value is -2.65. The Morgan fingerprint density at radius 1 is 0.500 bits per heavy atom. The van der Waals surface area contributed by atoms with E-state index in [4.69, 9.17) is 17.7 Å². The Bertz CT molecular complexity index is 1070. The second-order valence-electron chi connectivity index (χ2n) is 10.5. The Morgan fingerprint density at radius 3 is 1.12 bits per heavy atom. The van der Waals surface area contributed by atoms with Crippen LogP contribution in [0.25, 0.3) is 0 Å². The zero-order chi connectivity index (χ0) is 24.5. The highest BCUT2D eigenvalue weighted by molar-refractivity contribution is 6.70.